The fraction of sp³-hybridized carbons (Fsp3) is 0.661. The minimum absolute atomic E-state index is 0.00707. The maximum atomic E-state index is 13.4. The molecule has 3 aliphatic heterocycles. The third-order valence-corrected chi connectivity index (χ3v) is 17.1. The molecule has 0 spiro atoms. The summed E-state index contributed by atoms with van der Waals surface area (Å²) in [4.78, 5) is 177. The Morgan fingerprint density at radius 1 is 0.565 bits per heavy atom. The largest absolute Gasteiger partial charge is 0.379 e. The molecule has 3 heterocycles. The molecule has 4 rings (SSSR count). The first-order valence-electron chi connectivity index (χ1n) is 30.1. The summed E-state index contributed by atoms with van der Waals surface area (Å²) in [5.41, 5.74) is -1.06. The van der Waals surface area contributed by atoms with Crippen molar-refractivity contribution in [2.24, 2.45) is 5.41 Å². The van der Waals surface area contributed by atoms with E-state index in [-0.39, 0.29) is 146 Å². The zero-order chi connectivity index (χ0) is 67.1. The number of amides is 9. The van der Waals surface area contributed by atoms with Crippen molar-refractivity contribution in [1.29, 1.82) is 0 Å². The van der Waals surface area contributed by atoms with Gasteiger partial charge in [0.05, 0.1) is 111 Å². The average Bonchev–Trinajstić information content (AvgIpc) is 1.24. The minimum atomic E-state index is -2.32. The van der Waals surface area contributed by atoms with Gasteiger partial charge in [-0.3, -0.25) is 76.9 Å². The summed E-state index contributed by atoms with van der Waals surface area (Å²) in [5, 5.41) is 12.2. The summed E-state index contributed by atoms with van der Waals surface area (Å²) >= 11 is 1.07. The van der Waals surface area contributed by atoms with Crippen molar-refractivity contribution in [3.8, 4) is 0 Å². The van der Waals surface area contributed by atoms with Crippen molar-refractivity contribution in [3.63, 3.8) is 0 Å². The molecule has 92 heavy (non-hydrogen) atoms. The number of nitrogens with zero attached hydrogens (tertiary/aromatic N) is 2. The highest BCUT2D eigenvalue weighted by Gasteiger charge is 2.51. The van der Waals surface area contributed by atoms with Crippen LogP contribution in [0.25, 0.3) is 0 Å². The number of hydrogen-bond donors (Lipinski definition) is 5. The third kappa shape index (κ3) is 29.9. The molecule has 1 aromatic rings. The zero-order valence-corrected chi connectivity index (χ0v) is 54.6. The number of hydrogen-bond acceptors (Lipinski definition) is 26. The maximum Gasteiger partial charge on any atom is 0.250 e. The topological polar surface area (TPSA) is 389 Å². The monoisotopic (exact) mass is 1360 g/mol. The number of likely N-dealkylation sites (tertiary alicyclic amines) is 2. The van der Waals surface area contributed by atoms with Crippen LogP contribution in [0.3, 0.4) is 0 Å². The SMILES string of the molecule is CC(=O)C(C(C)=O)(C(C)=O)C(=O)CCOCCOCCOCCOCCNC(=O)C(CNC(=O)COCC(=O)Nc1ccc(CCC(=O)N2CCC2=O)cc1)NC(=O)CCSC1CC(=O)N(CCC(=O)NCCOCCOCCOCCOCCC(=O)C2SS2)C1=O. The predicted octanol–water partition coefficient (Wildman–Crippen LogP) is -0.667. The molecule has 3 fully saturated rings. The van der Waals surface area contributed by atoms with Crippen molar-refractivity contribution in [1.82, 2.24) is 31.1 Å². The van der Waals surface area contributed by atoms with Crippen molar-refractivity contribution in [3.05, 3.63) is 29.8 Å². The molecule has 0 saturated carbocycles. The summed E-state index contributed by atoms with van der Waals surface area (Å²) in [6.07, 6.45) is 0.568. The molecule has 1 aromatic carbocycles. The van der Waals surface area contributed by atoms with E-state index in [0.717, 1.165) is 43.0 Å². The number of thioether (sulfide) groups is 1. The van der Waals surface area contributed by atoms with E-state index < -0.39 is 101 Å². The molecule has 33 heteroatoms. The molecule has 0 radical (unpaired) electrons. The van der Waals surface area contributed by atoms with Gasteiger partial charge in [0.2, 0.25) is 58.6 Å². The van der Waals surface area contributed by atoms with Gasteiger partial charge in [-0.25, -0.2) is 0 Å². The Labute approximate surface area is 545 Å². The molecule has 3 saturated heterocycles. The fourth-order valence-electron chi connectivity index (χ4n) is 8.78. The van der Waals surface area contributed by atoms with Gasteiger partial charge in [-0.1, -0.05) is 33.7 Å². The van der Waals surface area contributed by atoms with Crippen LogP contribution in [-0.4, -0.2) is 265 Å². The lowest BCUT2D eigenvalue weighted by molar-refractivity contribution is -0.155. The highest BCUT2D eigenvalue weighted by molar-refractivity contribution is 8.93. The molecule has 30 nitrogen and oxygen atoms in total. The summed E-state index contributed by atoms with van der Waals surface area (Å²) in [6, 6.07) is 5.42. The van der Waals surface area contributed by atoms with E-state index in [0.29, 0.717) is 71.1 Å². The van der Waals surface area contributed by atoms with Crippen LogP contribution in [-0.2, 0) is 116 Å². The Balaban J connectivity index is 1.10. The minimum Gasteiger partial charge on any atom is -0.379 e. The summed E-state index contributed by atoms with van der Waals surface area (Å²) in [7, 11) is 3.13. The number of anilines is 1. The van der Waals surface area contributed by atoms with E-state index in [9.17, 15) is 67.1 Å². The van der Waals surface area contributed by atoms with Crippen LogP contribution in [0.1, 0.15) is 71.3 Å². The van der Waals surface area contributed by atoms with Crippen LogP contribution in [0.2, 0.25) is 0 Å². The third-order valence-electron chi connectivity index (χ3n) is 13.8. The summed E-state index contributed by atoms with van der Waals surface area (Å²) in [5.74, 6) is -7.42. The zero-order valence-electron chi connectivity index (χ0n) is 52.2. The van der Waals surface area contributed by atoms with E-state index in [1.165, 1.54) is 4.90 Å². The second-order valence-electron chi connectivity index (χ2n) is 20.7. The number of benzene rings is 1. The van der Waals surface area contributed by atoms with E-state index in [1.54, 1.807) is 45.9 Å². The number of imide groups is 2. The van der Waals surface area contributed by atoms with Gasteiger partial charge in [-0.05, 0) is 44.9 Å². The van der Waals surface area contributed by atoms with Crippen molar-refractivity contribution < 1.29 is 110 Å². The summed E-state index contributed by atoms with van der Waals surface area (Å²) in [6.45, 7) is 5.59. The predicted molar refractivity (Wildman–Crippen MR) is 333 cm³/mol. The molecule has 9 amide bonds. The highest BCUT2D eigenvalue weighted by Crippen LogP contribution is 2.53. The number of rotatable bonds is 54. The number of β-lactam (4-membered cyclic amide) rings is 1. The van der Waals surface area contributed by atoms with Gasteiger partial charge in [0.1, 0.15) is 23.8 Å². The molecule has 0 aliphatic carbocycles. The van der Waals surface area contributed by atoms with E-state index in [2.05, 4.69) is 26.6 Å². The van der Waals surface area contributed by atoms with Gasteiger partial charge in [-0.15, -0.1) is 11.8 Å². The van der Waals surface area contributed by atoms with Crippen LogP contribution >= 0.6 is 33.3 Å². The number of aryl methyl sites for hydroxylation is 1. The number of nitrogens with one attached hydrogen (secondary N) is 5. The van der Waals surface area contributed by atoms with Gasteiger partial charge in [0.25, 0.3) is 0 Å². The van der Waals surface area contributed by atoms with E-state index in [4.69, 9.17) is 42.6 Å². The molecule has 2 unspecified atom stereocenters. The van der Waals surface area contributed by atoms with Crippen LogP contribution in [0.15, 0.2) is 24.3 Å². The van der Waals surface area contributed by atoms with Crippen molar-refractivity contribution in [2.45, 2.75) is 88.0 Å². The van der Waals surface area contributed by atoms with Gasteiger partial charge in [0, 0.05) is 89.1 Å². The Bertz CT molecular complexity index is 2610. The molecule has 3 aliphatic rings. The molecular weight excluding hydrogens is 1270 g/mol. The van der Waals surface area contributed by atoms with Crippen LogP contribution in [0, 0.1) is 5.41 Å². The smallest absolute Gasteiger partial charge is 0.250 e. The van der Waals surface area contributed by atoms with Crippen LogP contribution < -0.4 is 26.6 Å². The normalized spacial score (nSPS) is 14.9. The number of carbonyl (C=O) groups is 14. The highest BCUT2D eigenvalue weighted by atomic mass is 33.2. The lowest BCUT2D eigenvalue weighted by Crippen LogP contribution is -2.53. The Kier molecular flexibility index (Phi) is 37.9. The number of ether oxygens (including phenoxy) is 9. The molecular formula is C59H85N7O23S3. The first kappa shape index (κ1) is 78.3. The number of carbonyl (C=O) groups excluding carboxylic acids is 14. The van der Waals surface area contributed by atoms with Crippen LogP contribution in [0.5, 0.6) is 0 Å². The molecule has 0 bridgehead atoms. The van der Waals surface area contributed by atoms with Crippen molar-refractivity contribution >= 4 is 121 Å². The first-order chi connectivity index (χ1) is 44.2. The second kappa shape index (κ2) is 44.5. The second-order valence-corrected chi connectivity index (χ2v) is 24.8. The van der Waals surface area contributed by atoms with E-state index >= 15 is 0 Å². The standard InChI is InChI=1S/C59H85N7O23S3/c1-40(67)59(41(2)68,42(3)69)48(71)13-20-82-24-28-86-32-34-88-30-26-84-22-16-61-56(79)45(37-62-51(74)38-89-39-52(75)63-44-7-4-43(5-8-44)6-9-53(76)65-18-11-54(65)77)64-50(73)14-35-90-47-36-55(78)66(57(47)80)17-10-49(72)60-15-21-83-25-29-87-33-31-85-27-23-81-19-12-46(70)58-91-92-58/h4-5,7-8,45,47,58H,6,9-39H2,1-3H3,(H,60,72)(H,61,79)(H,62,74)(H,63,75)(H,64,73). The van der Waals surface area contributed by atoms with Crippen LogP contribution in [0.4, 0.5) is 5.69 Å². The molecule has 5 N–H and O–H groups in total. The average molecular weight is 1360 g/mol. The van der Waals surface area contributed by atoms with Crippen molar-refractivity contribution in [2.75, 3.05) is 163 Å². The van der Waals surface area contributed by atoms with Gasteiger partial charge < -0.3 is 69.2 Å². The van der Waals surface area contributed by atoms with Gasteiger partial charge in [-0.2, -0.15) is 0 Å². The number of Topliss-reactive ketones (excluding diaryl/α,β-unsaturated/α-hetero) is 5. The van der Waals surface area contributed by atoms with E-state index in [1.807, 2.05) is 0 Å². The lowest BCUT2D eigenvalue weighted by atomic mass is 9.72. The maximum absolute atomic E-state index is 13.4. The Hall–Kier alpha value is -6.11. The Morgan fingerprint density at radius 2 is 1.09 bits per heavy atom. The van der Waals surface area contributed by atoms with Gasteiger partial charge >= 0.3 is 0 Å². The van der Waals surface area contributed by atoms with Gasteiger partial charge in [0.15, 0.2) is 28.9 Å². The number of ketones is 5. The Morgan fingerprint density at radius 3 is 1.61 bits per heavy atom. The summed E-state index contributed by atoms with van der Waals surface area (Å²) < 4.78 is 48.9. The molecule has 0 aromatic heterocycles. The first-order valence-corrected chi connectivity index (χ1v) is 33.5. The fourth-order valence-corrected chi connectivity index (χ4v) is 11.2. The lowest BCUT2D eigenvalue weighted by Gasteiger charge is -2.28. The molecule has 512 valence electrons. The quantitative estimate of drug-likeness (QED) is 0.0135. The molecule has 2 atom stereocenters.